The standard InChI is InChI=1S/C15H21N3OS.C11H16N4O2.3C2H6/c1-6-8-17-11(3)9-15(16-7-2)19-10-14-12(4)18-13(5)20-14;1-16-8-4-3-7(5-9(8)17-2)6-10-13-11(12)15-14-10;3*1-2/h9,17H,7,10H2,1-5H3;3-5,11,15H,6,12H2,1-2H3,(H,13,14);3*1-2H3/b11-9-,16-15?;;;;. The summed E-state index contributed by atoms with van der Waals surface area (Å²) in [6.45, 7) is 22.9. The van der Waals surface area contributed by atoms with Crippen molar-refractivity contribution in [1.29, 1.82) is 0 Å². The number of amidine groups is 1. The number of thiazole rings is 1. The van der Waals surface area contributed by atoms with Gasteiger partial charge in [-0.05, 0) is 52.3 Å². The molecule has 1 unspecified atom stereocenters. The summed E-state index contributed by atoms with van der Waals surface area (Å²) in [6, 6.07) is 8.56. The highest BCUT2D eigenvalue weighted by Crippen LogP contribution is 2.27. The molecule has 0 fully saturated rings. The molecule has 0 amide bonds. The first-order valence-electron chi connectivity index (χ1n) is 14.8. The summed E-state index contributed by atoms with van der Waals surface area (Å²) in [4.78, 5) is 14.0. The van der Waals surface area contributed by atoms with E-state index >= 15 is 0 Å². The fraction of sp³-hybridized carbons (Fsp3) is 0.531. The fourth-order valence-electron chi connectivity index (χ4n) is 3.18. The molecule has 1 aliphatic rings. The molecule has 0 radical (unpaired) electrons. The topological polar surface area (TPSA) is 127 Å². The number of hydrogen-bond donors (Lipinski definition) is 4. The number of rotatable bonds is 9. The number of allylic oxidation sites excluding steroid dienone is 1. The molecule has 1 aromatic heterocycles. The Morgan fingerprint density at radius 3 is 2.26 bits per heavy atom. The van der Waals surface area contributed by atoms with Gasteiger partial charge in [-0.25, -0.2) is 9.98 Å². The van der Waals surface area contributed by atoms with Crippen molar-refractivity contribution in [3.05, 3.63) is 51.1 Å². The third-order valence-corrected chi connectivity index (χ3v) is 5.91. The van der Waals surface area contributed by atoms with Crippen LogP contribution in [0.15, 0.2) is 40.0 Å². The number of hydrazine groups is 1. The average molecular weight is 618 g/mol. The zero-order valence-electron chi connectivity index (χ0n) is 28.6. The van der Waals surface area contributed by atoms with Gasteiger partial charge in [0.1, 0.15) is 12.4 Å². The first-order chi connectivity index (χ1) is 20.8. The van der Waals surface area contributed by atoms with Crippen molar-refractivity contribution in [3.63, 3.8) is 0 Å². The van der Waals surface area contributed by atoms with Gasteiger partial charge in [0.2, 0.25) is 5.90 Å². The molecule has 0 saturated heterocycles. The van der Waals surface area contributed by atoms with Crippen molar-refractivity contribution in [2.45, 2.75) is 95.5 Å². The lowest BCUT2D eigenvalue weighted by Crippen LogP contribution is -2.39. The molecular formula is C32H55N7O3S. The van der Waals surface area contributed by atoms with Crippen LogP contribution in [0.25, 0.3) is 0 Å². The van der Waals surface area contributed by atoms with Crippen LogP contribution in [0, 0.1) is 25.8 Å². The third-order valence-electron chi connectivity index (χ3n) is 4.87. The maximum atomic E-state index is 5.77. The first-order valence-corrected chi connectivity index (χ1v) is 15.6. The molecule has 5 N–H and O–H groups in total. The lowest BCUT2D eigenvalue weighted by Gasteiger charge is -2.09. The summed E-state index contributed by atoms with van der Waals surface area (Å²) in [5.74, 6) is 5.63. The fourth-order valence-corrected chi connectivity index (χ4v) is 4.03. The Labute approximate surface area is 264 Å². The van der Waals surface area contributed by atoms with Gasteiger partial charge in [-0.15, -0.1) is 11.3 Å². The van der Waals surface area contributed by atoms with Crippen LogP contribution >= 0.6 is 11.3 Å². The molecule has 0 bridgehead atoms. The van der Waals surface area contributed by atoms with E-state index < -0.39 is 0 Å². The van der Waals surface area contributed by atoms with Gasteiger partial charge in [0.25, 0.3) is 0 Å². The van der Waals surface area contributed by atoms with E-state index in [-0.39, 0.29) is 6.29 Å². The molecule has 0 spiro atoms. The number of nitrogens with two attached hydrogens (primary N) is 1. The maximum Gasteiger partial charge on any atom is 0.210 e. The number of aryl methyl sites for hydroxylation is 2. The van der Waals surface area contributed by atoms with Crippen LogP contribution in [0.5, 0.6) is 11.5 Å². The Morgan fingerprint density at radius 1 is 1.12 bits per heavy atom. The van der Waals surface area contributed by atoms with E-state index in [0.717, 1.165) is 32.7 Å². The van der Waals surface area contributed by atoms with Crippen LogP contribution in [0.2, 0.25) is 0 Å². The minimum atomic E-state index is -0.370. The lowest BCUT2D eigenvalue weighted by molar-refractivity contribution is 0.296. The van der Waals surface area contributed by atoms with Gasteiger partial charge in [-0.1, -0.05) is 53.5 Å². The smallest absolute Gasteiger partial charge is 0.210 e. The third kappa shape index (κ3) is 17.2. The Balaban J connectivity index is 0. The van der Waals surface area contributed by atoms with E-state index in [1.54, 1.807) is 32.5 Å². The van der Waals surface area contributed by atoms with Crippen molar-refractivity contribution < 1.29 is 14.2 Å². The van der Waals surface area contributed by atoms with E-state index in [1.165, 1.54) is 0 Å². The number of ether oxygens (including phenoxy) is 3. The van der Waals surface area contributed by atoms with Crippen molar-refractivity contribution in [3.8, 4) is 23.5 Å². The highest BCUT2D eigenvalue weighted by Gasteiger charge is 2.13. The van der Waals surface area contributed by atoms with Crippen LogP contribution in [-0.2, 0) is 17.8 Å². The SMILES string of the molecule is CC.CC.CC.CC#CN/C(C)=C\C(=NCC)OCc1sc(C)nc1C.COc1ccc(CC2=NC(N)NN2)cc1OC. The van der Waals surface area contributed by atoms with E-state index in [4.69, 9.17) is 19.9 Å². The molecule has 0 aliphatic carbocycles. The van der Waals surface area contributed by atoms with E-state index in [2.05, 4.69) is 43.1 Å². The monoisotopic (exact) mass is 617 g/mol. The summed E-state index contributed by atoms with van der Waals surface area (Å²) in [6.07, 6.45) is 2.16. The van der Waals surface area contributed by atoms with Gasteiger partial charge in [0, 0.05) is 30.8 Å². The Hall–Kier alpha value is -3.59. The molecule has 11 heteroatoms. The predicted molar refractivity (Wildman–Crippen MR) is 184 cm³/mol. The van der Waals surface area contributed by atoms with Gasteiger partial charge in [0.15, 0.2) is 17.8 Å². The van der Waals surface area contributed by atoms with Gasteiger partial charge < -0.3 is 25.0 Å². The van der Waals surface area contributed by atoms with Crippen molar-refractivity contribution in [2.75, 3.05) is 20.8 Å². The van der Waals surface area contributed by atoms with Crippen LogP contribution in [0.3, 0.4) is 0 Å². The molecule has 2 heterocycles. The van der Waals surface area contributed by atoms with Crippen LogP contribution in [0.1, 0.15) is 83.5 Å². The highest BCUT2D eigenvalue weighted by atomic mass is 32.1. The molecule has 10 nitrogen and oxygen atoms in total. The van der Waals surface area contributed by atoms with Crippen LogP contribution in [0.4, 0.5) is 0 Å². The van der Waals surface area contributed by atoms with Gasteiger partial charge in [-0.3, -0.25) is 10.7 Å². The quantitative estimate of drug-likeness (QED) is 0.113. The molecular weight excluding hydrogens is 562 g/mol. The summed E-state index contributed by atoms with van der Waals surface area (Å²) in [5.41, 5.74) is 14.3. The van der Waals surface area contributed by atoms with E-state index in [0.29, 0.717) is 37.0 Å². The number of nitrogens with one attached hydrogen (secondary N) is 3. The summed E-state index contributed by atoms with van der Waals surface area (Å²) >= 11 is 1.66. The number of methoxy groups -OCH3 is 2. The molecule has 3 rings (SSSR count). The normalized spacial score (nSPS) is 13.3. The van der Waals surface area contributed by atoms with Crippen LogP contribution in [-0.4, -0.2) is 43.8 Å². The largest absolute Gasteiger partial charge is 0.493 e. The lowest BCUT2D eigenvalue weighted by atomic mass is 10.1. The second kappa shape index (κ2) is 26.1. The van der Waals surface area contributed by atoms with E-state index in [1.807, 2.05) is 93.5 Å². The van der Waals surface area contributed by atoms with Crippen molar-refractivity contribution in [2.24, 2.45) is 15.7 Å². The Bertz CT molecular complexity index is 1180. The predicted octanol–water partition coefficient (Wildman–Crippen LogP) is 6.24. The van der Waals surface area contributed by atoms with Gasteiger partial charge in [0.05, 0.1) is 29.8 Å². The van der Waals surface area contributed by atoms with Crippen molar-refractivity contribution >= 4 is 23.1 Å². The molecule has 1 aromatic carbocycles. The number of nitrogens with zero attached hydrogens (tertiary/aromatic N) is 3. The van der Waals surface area contributed by atoms with Gasteiger partial charge >= 0.3 is 0 Å². The molecule has 2 aromatic rings. The van der Waals surface area contributed by atoms with Crippen LogP contribution < -0.4 is 31.4 Å². The molecule has 1 aliphatic heterocycles. The summed E-state index contributed by atoms with van der Waals surface area (Å²) < 4.78 is 16.2. The maximum absolute atomic E-state index is 5.77. The van der Waals surface area contributed by atoms with E-state index in [9.17, 15) is 0 Å². The Morgan fingerprint density at radius 2 is 1.77 bits per heavy atom. The molecule has 0 saturated carbocycles. The second-order valence-corrected chi connectivity index (χ2v) is 9.11. The van der Waals surface area contributed by atoms with Crippen molar-refractivity contribution in [1.82, 2.24) is 21.2 Å². The summed E-state index contributed by atoms with van der Waals surface area (Å²) in [7, 11) is 3.23. The Kier molecular flexibility index (Phi) is 25.2. The molecule has 242 valence electrons. The number of hydrogen-bond acceptors (Lipinski definition) is 11. The molecule has 1 atom stereocenters. The number of aliphatic imine (C=N–C) groups is 2. The number of aromatic nitrogens is 1. The average Bonchev–Trinajstić information content (AvgIpc) is 3.60. The minimum Gasteiger partial charge on any atom is -0.493 e. The molecule has 43 heavy (non-hydrogen) atoms. The minimum absolute atomic E-state index is 0.370. The highest BCUT2D eigenvalue weighted by molar-refractivity contribution is 7.11. The summed E-state index contributed by atoms with van der Waals surface area (Å²) in [5, 5.41) is 4.02. The van der Waals surface area contributed by atoms with Gasteiger partial charge in [-0.2, -0.15) is 5.43 Å². The zero-order valence-corrected chi connectivity index (χ0v) is 29.4. The zero-order chi connectivity index (χ0) is 33.2. The second-order valence-electron chi connectivity index (χ2n) is 7.83. The first kappa shape index (κ1) is 41.5. The number of benzene rings is 1.